The predicted molar refractivity (Wildman–Crippen MR) is 93.1 cm³/mol. The molecule has 9 heteroatoms. The number of carboxylic acid groups (broad SMARTS) is 1. The fraction of sp³-hybridized carbons (Fsp3) is 0.562. The monoisotopic (exact) mass is 392 g/mol. The number of nitrogens with zero attached hydrogens (tertiary/aromatic N) is 2. The molecule has 1 aromatic carbocycles. The number of benzene rings is 1. The summed E-state index contributed by atoms with van der Waals surface area (Å²) in [6.07, 6.45) is 4.55. The maximum absolute atomic E-state index is 14.1. The van der Waals surface area contributed by atoms with E-state index in [0.717, 1.165) is 29.3 Å². The molecule has 1 aliphatic rings. The number of halogens is 2. The standard InChI is InChI=1S/C16H22ClFN2O4S/c1-19(11-5-3-4-6-11)7-8-20(2)25(23,24)15-9-12(16(21)22)13(17)10-14(15)18/h9-11H,3-8H2,1-2H3,(H,21,22). The van der Waals surface area contributed by atoms with Crippen molar-refractivity contribution in [2.75, 3.05) is 27.2 Å². The Kier molecular flexibility index (Phi) is 6.42. The van der Waals surface area contributed by atoms with Crippen LogP contribution in [0.4, 0.5) is 4.39 Å². The van der Waals surface area contributed by atoms with E-state index in [9.17, 15) is 17.6 Å². The molecule has 25 heavy (non-hydrogen) atoms. The topological polar surface area (TPSA) is 77.9 Å². The number of hydrogen-bond acceptors (Lipinski definition) is 4. The molecule has 1 aliphatic carbocycles. The maximum atomic E-state index is 14.1. The fourth-order valence-electron chi connectivity index (χ4n) is 3.00. The van der Waals surface area contributed by atoms with E-state index in [-0.39, 0.29) is 11.6 Å². The van der Waals surface area contributed by atoms with Crippen LogP contribution in [0.15, 0.2) is 17.0 Å². The van der Waals surface area contributed by atoms with Crippen molar-refractivity contribution in [3.8, 4) is 0 Å². The molecular weight excluding hydrogens is 371 g/mol. The molecule has 140 valence electrons. The smallest absolute Gasteiger partial charge is 0.337 e. The van der Waals surface area contributed by atoms with Gasteiger partial charge in [0.15, 0.2) is 0 Å². The molecule has 0 heterocycles. The first kappa shape index (κ1) is 20.1. The summed E-state index contributed by atoms with van der Waals surface area (Å²) in [7, 11) is -0.852. The largest absolute Gasteiger partial charge is 0.478 e. The average molecular weight is 393 g/mol. The van der Waals surface area contributed by atoms with Crippen LogP contribution in [0, 0.1) is 5.82 Å². The summed E-state index contributed by atoms with van der Waals surface area (Å²) in [5.41, 5.74) is -0.446. The second-order valence-electron chi connectivity index (χ2n) is 6.31. The molecule has 0 amide bonds. The molecular formula is C16H22ClFN2O4S. The molecule has 1 fully saturated rings. The van der Waals surface area contributed by atoms with Crippen molar-refractivity contribution in [3.05, 3.63) is 28.5 Å². The van der Waals surface area contributed by atoms with Crippen molar-refractivity contribution in [3.63, 3.8) is 0 Å². The van der Waals surface area contributed by atoms with Crippen molar-refractivity contribution >= 4 is 27.6 Å². The van der Waals surface area contributed by atoms with Crippen LogP contribution in [-0.4, -0.2) is 61.9 Å². The highest BCUT2D eigenvalue weighted by atomic mass is 35.5. The van der Waals surface area contributed by atoms with Gasteiger partial charge in [0.05, 0.1) is 10.6 Å². The van der Waals surface area contributed by atoms with Gasteiger partial charge >= 0.3 is 5.97 Å². The number of aromatic carboxylic acids is 1. The third-order valence-electron chi connectivity index (χ3n) is 4.66. The van der Waals surface area contributed by atoms with E-state index >= 15 is 0 Å². The van der Waals surface area contributed by atoms with Crippen molar-refractivity contribution in [2.24, 2.45) is 0 Å². The minimum atomic E-state index is -4.15. The van der Waals surface area contributed by atoms with E-state index in [2.05, 4.69) is 4.90 Å². The first-order chi connectivity index (χ1) is 11.6. The Morgan fingerprint density at radius 1 is 1.28 bits per heavy atom. The molecule has 2 rings (SSSR count). The van der Waals surface area contributed by atoms with E-state index < -0.39 is 32.3 Å². The predicted octanol–water partition coefficient (Wildman–Crippen LogP) is 2.67. The lowest BCUT2D eigenvalue weighted by Gasteiger charge is -2.26. The van der Waals surface area contributed by atoms with Crippen LogP contribution in [-0.2, 0) is 10.0 Å². The van der Waals surface area contributed by atoms with Gasteiger partial charge in [-0.15, -0.1) is 0 Å². The zero-order valence-electron chi connectivity index (χ0n) is 14.2. The summed E-state index contributed by atoms with van der Waals surface area (Å²) in [6.45, 7) is 0.696. The zero-order valence-corrected chi connectivity index (χ0v) is 15.8. The SMILES string of the molecule is CN(CCN(C)S(=O)(=O)c1cc(C(=O)O)c(Cl)cc1F)C1CCCC1. The van der Waals surface area contributed by atoms with Crippen molar-refractivity contribution in [2.45, 2.75) is 36.6 Å². The number of sulfonamides is 1. The Bertz CT molecular complexity index is 751. The van der Waals surface area contributed by atoms with Crippen LogP contribution < -0.4 is 0 Å². The molecule has 0 aromatic heterocycles. The summed E-state index contributed by atoms with van der Waals surface area (Å²) in [5.74, 6) is -2.48. The van der Waals surface area contributed by atoms with E-state index in [4.69, 9.17) is 16.7 Å². The fourth-order valence-corrected chi connectivity index (χ4v) is 4.47. The first-order valence-electron chi connectivity index (χ1n) is 8.03. The molecule has 0 saturated heterocycles. The van der Waals surface area contributed by atoms with Crippen LogP contribution in [0.5, 0.6) is 0 Å². The number of hydrogen-bond donors (Lipinski definition) is 1. The highest BCUT2D eigenvalue weighted by Gasteiger charge is 2.28. The Morgan fingerprint density at radius 2 is 1.88 bits per heavy atom. The van der Waals surface area contributed by atoms with Gasteiger partial charge in [-0.2, -0.15) is 4.31 Å². The van der Waals surface area contributed by atoms with Gasteiger partial charge < -0.3 is 10.0 Å². The Labute approximate surface area is 152 Å². The van der Waals surface area contributed by atoms with Gasteiger partial charge in [-0.1, -0.05) is 24.4 Å². The molecule has 0 atom stereocenters. The Morgan fingerprint density at radius 3 is 2.44 bits per heavy atom. The summed E-state index contributed by atoms with van der Waals surface area (Å²) in [4.78, 5) is 12.6. The highest BCUT2D eigenvalue weighted by Crippen LogP contribution is 2.26. The van der Waals surface area contributed by atoms with Crippen molar-refractivity contribution < 1.29 is 22.7 Å². The summed E-state index contributed by atoms with van der Waals surface area (Å²) in [6, 6.07) is 1.94. The van der Waals surface area contributed by atoms with Crippen LogP contribution >= 0.6 is 11.6 Å². The van der Waals surface area contributed by atoms with Gasteiger partial charge in [0.25, 0.3) is 0 Å². The second kappa shape index (κ2) is 7.99. The number of carboxylic acids is 1. The molecule has 0 aliphatic heterocycles. The minimum Gasteiger partial charge on any atom is -0.478 e. The Balaban J connectivity index is 2.16. The summed E-state index contributed by atoms with van der Waals surface area (Å²) in [5, 5.41) is 8.72. The van der Waals surface area contributed by atoms with Crippen LogP contribution in [0.2, 0.25) is 5.02 Å². The molecule has 1 N–H and O–H groups in total. The first-order valence-corrected chi connectivity index (χ1v) is 9.85. The lowest BCUT2D eigenvalue weighted by Crippen LogP contribution is -2.38. The quantitative estimate of drug-likeness (QED) is 0.771. The van der Waals surface area contributed by atoms with E-state index in [1.54, 1.807) is 0 Å². The lowest BCUT2D eigenvalue weighted by molar-refractivity contribution is 0.0696. The molecule has 1 saturated carbocycles. The van der Waals surface area contributed by atoms with Crippen LogP contribution in [0.1, 0.15) is 36.0 Å². The summed E-state index contributed by atoms with van der Waals surface area (Å²) >= 11 is 5.67. The van der Waals surface area contributed by atoms with Crippen LogP contribution in [0.3, 0.4) is 0 Å². The number of carbonyl (C=O) groups is 1. The number of rotatable bonds is 7. The molecule has 6 nitrogen and oxygen atoms in total. The zero-order chi connectivity index (χ0) is 18.8. The van der Waals surface area contributed by atoms with Crippen LogP contribution in [0.25, 0.3) is 0 Å². The van der Waals surface area contributed by atoms with Gasteiger partial charge in [0.2, 0.25) is 10.0 Å². The molecule has 0 radical (unpaired) electrons. The Hall–Kier alpha value is -1.22. The molecule has 0 unspecified atom stereocenters. The van der Waals surface area contributed by atoms with Crippen molar-refractivity contribution in [1.29, 1.82) is 0 Å². The third kappa shape index (κ3) is 4.49. The summed E-state index contributed by atoms with van der Waals surface area (Å²) < 4.78 is 40.3. The van der Waals surface area contributed by atoms with Gasteiger partial charge in [0.1, 0.15) is 10.7 Å². The van der Waals surface area contributed by atoms with Gasteiger partial charge in [-0.3, -0.25) is 0 Å². The van der Waals surface area contributed by atoms with Gasteiger partial charge in [-0.25, -0.2) is 17.6 Å². The van der Waals surface area contributed by atoms with E-state index in [1.165, 1.54) is 19.9 Å². The molecule has 1 aromatic rings. The average Bonchev–Trinajstić information content (AvgIpc) is 3.05. The highest BCUT2D eigenvalue weighted by molar-refractivity contribution is 7.89. The normalized spacial score (nSPS) is 16.1. The van der Waals surface area contributed by atoms with Gasteiger partial charge in [-0.05, 0) is 32.0 Å². The minimum absolute atomic E-state index is 0.180. The molecule has 0 spiro atoms. The van der Waals surface area contributed by atoms with E-state index in [1.807, 2.05) is 7.05 Å². The maximum Gasteiger partial charge on any atom is 0.337 e. The van der Waals surface area contributed by atoms with E-state index in [0.29, 0.717) is 12.6 Å². The third-order valence-corrected chi connectivity index (χ3v) is 6.84. The second-order valence-corrected chi connectivity index (χ2v) is 8.73. The lowest BCUT2D eigenvalue weighted by atomic mass is 10.2. The molecule has 0 bridgehead atoms. The van der Waals surface area contributed by atoms with Crippen molar-refractivity contribution in [1.82, 2.24) is 9.21 Å². The van der Waals surface area contributed by atoms with Gasteiger partial charge in [0, 0.05) is 26.2 Å². The number of likely N-dealkylation sites (N-methyl/N-ethyl adjacent to an activating group) is 2.